The monoisotopic (exact) mass is 449 g/mol. The van der Waals surface area contributed by atoms with Crippen molar-refractivity contribution in [2.75, 3.05) is 43.5 Å². The average Bonchev–Trinajstić information content (AvgIpc) is 2.72. The van der Waals surface area contributed by atoms with E-state index in [9.17, 15) is 14.4 Å². The molecule has 2 rings (SSSR count). The minimum atomic E-state index is -0.718. The van der Waals surface area contributed by atoms with Gasteiger partial charge in [-0.2, -0.15) is 0 Å². The normalized spacial score (nSPS) is 15.2. The zero-order chi connectivity index (χ0) is 23.9. The first-order chi connectivity index (χ1) is 15.0. The first-order valence-electron chi connectivity index (χ1n) is 10.8. The van der Waals surface area contributed by atoms with E-state index in [0.717, 1.165) is 5.69 Å². The number of hydrogen-bond acceptors (Lipinski definition) is 7. The van der Waals surface area contributed by atoms with E-state index in [-0.39, 0.29) is 17.9 Å². The Morgan fingerprint density at radius 1 is 1.12 bits per heavy atom. The lowest BCUT2D eigenvalue weighted by molar-refractivity contribution is -0.118. The molecule has 10 heteroatoms. The molecular weight excluding hydrogens is 414 g/mol. The maximum absolute atomic E-state index is 12.6. The van der Waals surface area contributed by atoms with Crippen LogP contribution in [0.1, 0.15) is 41.0 Å². The molecule has 0 spiro atoms. The summed E-state index contributed by atoms with van der Waals surface area (Å²) < 4.78 is 10.0. The molecule has 1 unspecified atom stereocenters. The molecule has 0 radical (unpaired) electrons. The molecule has 1 aliphatic rings. The van der Waals surface area contributed by atoms with Gasteiger partial charge in [0, 0.05) is 26.2 Å². The predicted octanol–water partition coefficient (Wildman–Crippen LogP) is 2.85. The molecule has 1 fully saturated rings. The minimum absolute atomic E-state index is 0.206. The SMILES string of the molecule is COC(=O)NC(CC(C)C)C(=O)Nc1ccc(N2CCN(C(=O)OC(C)(C)C)CC2)cn1. The molecule has 3 amide bonds. The molecule has 178 valence electrons. The van der Waals surface area contributed by atoms with E-state index in [1.165, 1.54) is 7.11 Å². The summed E-state index contributed by atoms with van der Waals surface area (Å²) in [6, 6.07) is 2.87. The van der Waals surface area contributed by atoms with Gasteiger partial charge in [-0.25, -0.2) is 14.6 Å². The fraction of sp³-hybridized carbons (Fsp3) is 0.636. The number of pyridine rings is 1. The van der Waals surface area contributed by atoms with Crippen LogP contribution in [0.3, 0.4) is 0 Å². The third-order valence-electron chi connectivity index (χ3n) is 4.80. The number of aromatic nitrogens is 1. The van der Waals surface area contributed by atoms with Crippen LogP contribution in [0.5, 0.6) is 0 Å². The van der Waals surface area contributed by atoms with E-state index in [4.69, 9.17) is 4.74 Å². The molecule has 1 aliphatic heterocycles. The third-order valence-corrected chi connectivity index (χ3v) is 4.80. The molecule has 2 heterocycles. The van der Waals surface area contributed by atoms with E-state index in [1.807, 2.05) is 40.7 Å². The number of carbonyl (C=O) groups is 3. The summed E-state index contributed by atoms with van der Waals surface area (Å²) in [5.74, 6) is 0.250. The number of rotatable bonds is 6. The highest BCUT2D eigenvalue weighted by molar-refractivity contribution is 5.95. The van der Waals surface area contributed by atoms with Crippen molar-refractivity contribution in [1.82, 2.24) is 15.2 Å². The maximum atomic E-state index is 12.6. The van der Waals surface area contributed by atoms with Crippen LogP contribution in [0.4, 0.5) is 21.1 Å². The fourth-order valence-electron chi connectivity index (χ4n) is 3.24. The molecular formula is C22H35N5O5. The van der Waals surface area contributed by atoms with Crippen LogP contribution in [-0.4, -0.2) is 72.9 Å². The van der Waals surface area contributed by atoms with Gasteiger partial charge in [0.2, 0.25) is 5.91 Å². The highest BCUT2D eigenvalue weighted by Gasteiger charge is 2.26. The third kappa shape index (κ3) is 7.90. The highest BCUT2D eigenvalue weighted by atomic mass is 16.6. The Balaban J connectivity index is 1.92. The second-order valence-electron chi connectivity index (χ2n) is 9.16. The first-order valence-corrected chi connectivity index (χ1v) is 10.8. The van der Waals surface area contributed by atoms with Crippen LogP contribution in [-0.2, 0) is 14.3 Å². The van der Waals surface area contributed by atoms with Gasteiger partial charge in [0.1, 0.15) is 17.5 Å². The molecule has 1 aromatic rings. The average molecular weight is 450 g/mol. The molecule has 1 aromatic heterocycles. The van der Waals surface area contributed by atoms with Crippen molar-refractivity contribution in [2.45, 2.75) is 52.7 Å². The Bertz CT molecular complexity index is 783. The zero-order valence-electron chi connectivity index (χ0n) is 19.8. The molecule has 1 saturated heterocycles. The molecule has 0 bridgehead atoms. The van der Waals surface area contributed by atoms with Crippen molar-refractivity contribution in [1.29, 1.82) is 0 Å². The summed E-state index contributed by atoms with van der Waals surface area (Å²) in [7, 11) is 1.26. The van der Waals surface area contributed by atoms with Crippen molar-refractivity contribution in [3.05, 3.63) is 18.3 Å². The van der Waals surface area contributed by atoms with Crippen molar-refractivity contribution in [3.63, 3.8) is 0 Å². The quantitative estimate of drug-likeness (QED) is 0.686. The van der Waals surface area contributed by atoms with E-state index in [0.29, 0.717) is 38.4 Å². The van der Waals surface area contributed by atoms with Gasteiger partial charge in [-0.1, -0.05) is 13.8 Å². The number of carbonyl (C=O) groups excluding carboxylic acids is 3. The van der Waals surface area contributed by atoms with Crippen molar-refractivity contribution in [3.8, 4) is 0 Å². The summed E-state index contributed by atoms with van der Waals surface area (Å²) in [5.41, 5.74) is 0.386. The van der Waals surface area contributed by atoms with E-state index < -0.39 is 17.7 Å². The number of anilines is 2. The Hall–Kier alpha value is -3.04. The Kier molecular flexibility index (Phi) is 8.68. The number of hydrogen-bond donors (Lipinski definition) is 2. The number of methoxy groups -OCH3 is 1. The van der Waals surface area contributed by atoms with Gasteiger partial charge >= 0.3 is 12.2 Å². The number of nitrogens with one attached hydrogen (secondary N) is 2. The van der Waals surface area contributed by atoms with Crippen LogP contribution in [0.2, 0.25) is 0 Å². The summed E-state index contributed by atoms with van der Waals surface area (Å²) >= 11 is 0. The van der Waals surface area contributed by atoms with Crippen molar-refractivity contribution >= 4 is 29.6 Å². The maximum Gasteiger partial charge on any atom is 0.410 e. The van der Waals surface area contributed by atoms with Gasteiger partial charge in [-0.3, -0.25) is 4.79 Å². The second-order valence-corrected chi connectivity index (χ2v) is 9.16. The summed E-state index contributed by atoms with van der Waals surface area (Å²) in [4.78, 5) is 44.5. The molecule has 0 aliphatic carbocycles. The molecule has 0 aromatic carbocycles. The van der Waals surface area contributed by atoms with Crippen LogP contribution >= 0.6 is 0 Å². The highest BCUT2D eigenvalue weighted by Crippen LogP contribution is 2.19. The smallest absolute Gasteiger partial charge is 0.410 e. The summed E-state index contributed by atoms with van der Waals surface area (Å²) in [6.45, 7) is 11.9. The van der Waals surface area contributed by atoms with Gasteiger partial charge < -0.3 is 29.9 Å². The molecule has 0 saturated carbocycles. The number of amides is 3. The number of ether oxygens (including phenoxy) is 2. The zero-order valence-corrected chi connectivity index (χ0v) is 19.8. The topological polar surface area (TPSA) is 113 Å². The van der Waals surface area contributed by atoms with Crippen LogP contribution in [0, 0.1) is 5.92 Å². The van der Waals surface area contributed by atoms with E-state index in [2.05, 4.69) is 25.3 Å². The summed E-state index contributed by atoms with van der Waals surface area (Å²) in [5, 5.41) is 5.30. The van der Waals surface area contributed by atoms with Crippen LogP contribution in [0.25, 0.3) is 0 Å². The number of alkyl carbamates (subject to hydrolysis) is 1. The number of piperazine rings is 1. The predicted molar refractivity (Wildman–Crippen MR) is 122 cm³/mol. The molecule has 1 atom stereocenters. The van der Waals surface area contributed by atoms with E-state index in [1.54, 1.807) is 17.2 Å². The van der Waals surface area contributed by atoms with E-state index >= 15 is 0 Å². The van der Waals surface area contributed by atoms with Gasteiger partial charge in [0.15, 0.2) is 0 Å². The summed E-state index contributed by atoms with van der Waals surface area (Å²) in [6.07, 6.45) is 1.20. The van der Waals surface area contributed by atoms with Gasteiger partial charge in [0.25, 0.3) is 0 Å². The number of nitrogens with zero attached hydrogens (tertiary/aromatic N) is 3. The second kappa shape index (κ2) is 11.0. The van der Waals surface area contributed by atoms with Gasteiger partial charge in [-0.15, -0.1) is 0 Å². The van der Waals surface area contributed by atoms with Crippen LogP contribution in [0.15, 0.2) is 18.3 Å². The Morgan fingerprint density at radius 2 is 1.78 bits per heavy atom. The lowest BCUT2D eigenvalue weighted by Gasteiger charge is -2.36. The minimum Gasteiger partial charge on any atom is -0.453 e. The van der Waals surface area contributed by atoms with Gasteiger partial charge in [0.05, 0.1) is 19.0 Å². The van der Waals surface area contributed by atoms with Crippen LogP contribution < -0.4 is 15.5 Å². The molecule has 10 nitrogen and oxygen atoms in total. The standard InChI is InChI=1S/C22H35N5O5/c1-15(2)13-17(24-20(29)31-6)19(28)25-18-8-7-16(14-23-18)26-9-11-27(12-10-26)21(30)32-22(3,4)5/h7-8,14-15,17H,9-13H2,1-6H3,(H,24,29)(H,23,25,28). The van der Waals surface area contributed by atoms with Gasteiger partial charge in [-0.05, 0) is 45.2 Å². The fourth-order valence-corrected chi connectivity index (χ4v) is 3.24. The molecule has 32 heavy (non-hydrogen) atoms. The van der Waals surface area contributed by atoms with Crippen molar-refractivity contribution in [2.24, 2.45) is 5.92 Å². The Labute approximate surface area is 189 Å². The van der Waals surface area contributed by atoms with Crippen molar-refractivity contribution < 1.29 is 23.9 Å². The first kappa shape index (κ1) is 25.2. The Morgan fingerprint density at radius 3 is 2.28 bits per heavy atom. The lowest BCUT2D eigenvalue weighted by Crippen LogP contribution is -2.50. The lowest BCUT2D eigenvalue weighted by atomic mass is 10.0. The largest absolute Gasteiger partial charge is 0.453 e. The molecule has 2 N–H and O–H groups in total.